The molecule has 7 heteroatoms. The van der Waals surface area contributed by atoms with E-state index >= 15 is 0 Å². The molecular formula is C15H29IN4O2. The van der Waals surface area contributed by atoms with Gasteiger partial charge in [0.05, 0.1) is 6.26 Å². The molecule has 0 aliphatic rings. The molecule has 0 spiro atoms. The number of rotatable bonds is 10. The van der Waals surface area contributed by atoms with Crippen molar-refractivity contribution in [3.63, 3.8) is 0 Å². The van der Waals surface area contributed by atoms with Gasteiger partial charge in [-0.05, 0) is 32.5 Å². The highest BCUT2D eigenvalue weighted by Gasteiger charge is 2.01. The Labute approximate surface area is 150 Å². The number of nitrogens with zero attached hydrogens (tertiary/aromatic N) is 2. The third-order valence-electron chi connectivity index (χ3n) is 2.99. The van der Waals surface area contributed by atoms with Crippen molar-refractivity contribution in [1.82, 2.24) is 15.5 Å². The van der Waals surface area contributed by atoms with Crippen LogP contribution in [0.5, 0.6) is 0 Å². The van der Waals surface area contributed by atoms with Gasteiger partial charge in [-0.15, -0.1) is 24.0 Å². The second-order valence-electron chi connectivity index (χ2n) is 4.85. The van der Waals surface area contributed by atoms with E-state index in [9.17, 15) is 0 Å². The van der Waals surface area contributed by atoms with E-state index in [4.69, 9.17) is 9.15 Å². The van der Waals surface area contributed by atoms with Gasteiger partial charge in [0.1, 0.15) is 12.3 Å². The number of guanidine groups is 1. The average Bonchev–Trinajstić information content (AvgIpc) is 2.98. The SMILES string of the molecule is CCNC(=NCc1ccco1)NCCN(C)CCCOC.I. The van der Waals surface area contributed by atoms with E-state index < -0.39 is 0 Å². The smallest absolute Gasteiger partial charge is 0.191 e. The molecule has 0 saturated heterocycles. The van der Waals surface area contributed by atoms with Crippen LogP contribution in [-0.2, 0) is 11.3 Å². The normalized spacial score (nSPS) is 11.4. The Balaban J connectivity index is 0.00000441. The summed E-state index contributed by atoms with van der Waals surface area (Å²) in [4.78, 5) is 6.77. The van der Waals surface area contributed by atoms with Crippen LogP contribution in [0.3, 0.4) is 0 Å². The number of nitrogens with one attached hydrogen (secondary N) is 2. The van der Waals surface area contributed by atoms with E-state index in [-0.39, 0.29) is 24.0 Å². The van der Waals surface area contributed by atoms with Crippen LogP contribution < -0.4 is 10.6 Å². The molecule has 0 fully saturated rings. The Kier molecular flexibility index (Phi) is 13.3. The molecule has 128 valence electrons. The summed E-state index contributed by atoms with van der Waals surface area (Å²) in [6.45, 7) is 7.11. The van der Waals surface area contributed by atoms with Crippen molar-refractivity contribution in [2.75, 3.05) is 46.9 Å². The van der Waals surface area contributed by atoms with Crippen LogP contribution >= 0.6 is 24.0 Å². The summed E-state index contributed by atoms with van der Waals surface area (Å²) in [7, 11) is 3.85. The molecule has 0 radical (unpaired) electrons. The highest BCUT2D eigenvalue weighted by molar-refractivity contribution is 14.0. The standard InChI is InChI=1S/C15H28N4O2.HI/c1-4-16-15(18-13-14-7-5-12-21-14)17-8-10-19(2)9-6-11-20-3;/h5,7,12H,4,6,8-11,13H2,1-3H3,(H2,16,17,18);1H. The minimum atomic E-state index is 0. The molecule has 0 unspecified atom stereocenters. The Morgan fingerprint density at radius 3 is 2.82 bits per heavy atom. The minimum absolute atomic E-state index is 0. The lowest BCUT2D eigenvalue weighted by Crippen LogP contribution is -2.41. The molecule has 6 nitrogen and oxygen atoms in total. The first-order chi connectivity index (χ1) is 10.3. The largest absolute Gasteiger partial charge is 0.467 e. The van der Waals surface area contributed by atoms with Gasteiger partial charge in [0.25, 0.3) is 0 Å². The molecule has 22 heavy (non-hydrogen) atoms. The number of likely N-dealkylation sites (N-methyl/N-ethyl adjacent to an activating group) is 1. The van der Waals surface area contributed by atoms with Crippen LogP contribution in [0.4, 0.5) is 0 Å². The van der Waals surface area contributed by atoms with Crippen LogP contribution in [0.2, 0.25) is 0 Å². The third kappa shape index (κ3) is 10.0. The summed E-state index contributed by atoms with van der Waals surface area (Å²) >= 11 is 0. The minimum Gasteiger partial charge on any atom is -0.467 e. The van der Waals surface area contributed by atoms with Crippen molar-refractivity contribution in [3.05, 3.63) is 24.2 Å². The molecule has 1 aromatic rings. The zero-order valence-electron chi connectivity index (χ0n) is 13.8. The number of ether oxygens (including phenoxy) is 1. The number of furan rings is 1. The van der Waals surface area contributed by atoms with E-state index in [1.54, 1.807) is 13.4 Å². The molecule has 0 atom stereocenters. The van der Waals surface area contributed by atoms with Crippen LogP contribution in [-0.4, -0.2) is 57.8 Å². The topological polar surface area (TPSA) is 62.0 Å². The summed E-state index contributed by atoms with van der Waals surface area (Å²) in [6, 6.07) is 3.80. The quantitative estimate of drug-likeness (QED) is 0.260. The number of hydrogen-bond donors (Lipinski definition) is 2. The first-order valence-corrected chi connectivity index (χ1v) is 7.48. The van der Waals surface area contributed by atoms with Gasteiger partial charge >= 0.3 is 0 Å². The molecule has 0 aliphatic heterocycles. The second-order valence-corrected chi connectivity index (χ2v) is 4.85. The maximum atomic E-state index is 5.28. The van der Waals surface area contributed by atoms with Gasteiger partial charge in [-0.25, -0.2) is 4.99 Å². The van der Waals surface area contributed by atoms with Gasteiger partial charge in [-0.2, -0.15) is 0 Å². The van der Waals surface area contributed by atoms with Gasteiger partial charge in [-0.3, -0.25) is 0 Å². The molecule has 1 rings (SSSR count). The van der Waals surface area contributed by atoms with Crippen molar-refractivity contribution in [2.45, 2.75) is 19.9 Å². The molecule has 2 N–H and O–H groups in total. The van der Waals surface area contributed by atoms with Crippen LogP contribution in [0.1, 0.15) is 19.1 Å². The number of aliphatic imine (C=N–C) groups is 1. The van der Waals surface area contributed by atoms with Gasteiger partial charge in [0.15, 0.2) is 5.96 Å². The van der Waals surface area contributed by atoms with E-state index in [1.807, 2.05) is 12.1 Å². The first-order valence-electron chi connectivity index (χ1n) is 7.48. The van der Waals surface area contributed by atoms with Crippen molar-refractivity contribution in [2.24, 2.45) is 4.99 Å². The summed E-state index contributed by atoms with van der Waals surface area (Å²) in [5.74, 6) is 1.68. The predicted molar refractivity (Wildman–Crippen MR) is 101 cm³/mol. The Morgan fingerprint density at radius 1 is 1.36 bits per heavy atom. The Hall–Kier alpha value is -0.800. The van der Waals surface area contributed by atoms with Gasteiger partial charge < -0.3 is 24.7 Å². The van der Waals surface area contributed by atoms with E-state index in [1.165, 1.54) is 0 Å². The molecule has 0 saturated carbocycles. The molecule has 1 aromatic heterocycles. The maximum absolute atomic E-state index is 5.28. The molecule has 1 heterocycles. The van der Waals surface area contributed by atoms with Crippen LogP contribution in [0.25, 0.3) is 0 Å². The summed E-state index contributed by atoms with van der Waals surface area (Å²) in [5.41, 5.74) is 0. The van der Waals surface area contributed by atoms with Crippen molar-refractivity contribution >= 4 is 29.9 Å². The lowest BCUT2D eigenvalue weighted by atomic mass is 10.4. The van der Waals surface area contributed by atoms with Crippen molar-refractivity contribution < 1.29 is 9.15 Å². The summed E-state index contributed by atoms with van der Waals surface area (Å²) in [5, 5.41) is 6.56. The van der Waals surface area contributed by atoms with Gasteiger partial charge in [-0.1, -0.05) is 0 Å². The number of methoxy groups -OCH3 is 1. The van der Waals surface area contributed by atoms with Crippen molar-refractivity contribution in [1.29, 1.82) is 0 Å². The zero-order valence-corrected chi connectivity index (χ0v) is 16.1. The number of halogens is 1. The lowest BCUT2D eigenvalue weighted by molar-refractivity contribution is 0.180. The van der Waals surface area contributed by atoms with Crippen LogP contribution in [0.15, 0.2) is 27.8 Å². The molecular weight excluding hydrogens is 395 g/mol. The molecule has 0 amide bonds. The average molecular weight is 424 g/mol. The first kappa shape index (κ1) is 21.2. The maximum Gasteiger partial charge on any atom is 0.191 e. The molecule has 0 bridgehead atoms. The number of hydrogen-bond acceptors (Lipinski definition) is 4. The fraction of sp³-hybridized carbons (Fsp3) is 0.667. The summed E-state index contributed by atoms with van der Waals surface area (Å²) < 4.78 is 10.3. The highest BCUT2D eigenvalue weighted by atomic mass is 127. The molecule has 0 aliphatic carbocycles. The molecule has 0 aromatic carbocycles. The zero-order chi connectivity index (χ0) is 15.3. The second kappa shape index (κ2) is 13.8. The van der Waals surface area contributed by atoms with E-state index in [2.05, 4.69) is 34.5 Å². The Bertz CT molecular complexity index is 385. The van der Waals surface area contributed by atoms with E-state index in [0.717, 1.165) is 50.9 Å². The van der Waals surface area contributed by atoms with Gasteiger partial charge in [0.2, 0.25) is 0 Å². The summed E-state index contributed by atoms with van der Waals surface area (Å²) in [6.07, 6.45) is 2.72. The van der Waals surface area contributed by atoms with Crippen LogP contribution in [0, 0.1) is 0 Å². The Morgan fingerprint density at radius 2 is 2.18 bits per heavy atom. The van der Waals surface area contributed by atoms with Gasteiger partial charge in [0, 0.05) is 39.9 Å². The van der Waals surface area contributed by atoms with E-state index in [0.29, 0.717) is 6.54 Å². The monoisotopic (exact) mass is 424 g/mol. The lowest BCUT2D eigenvalue weighted by Gasteiger charge is -2.18. The fourth-order valence-corrected chi connectivity index (χ4v) is 1.86. The predicted octanol–water partition coefficient (Wildman–Crippen LogP) is 1.92. The fourth-order valence-electron chi connectivity index (χ4n) is 1.86. The van der Waals surface area contributed by atoms with Crippen molar-refractivity contribution in [3.8, 4) is 0 Å². The highest BCUT2D eigenvalue weighted by Crippen LogP contribution is 2.00. The third-order valence-corrected chi connectivity index (χ3v) is 2.99.